The van der Waals surface area contributed by atoms with E-state index in [4.69, 9.17) is 13.9 Å². The number of carbonyl (C=O) groups excluding carboxylic acids is 1. The monoisotopic (exact) mass is 434 g/mol. The molecule has 2 aromatic carbocycles. The third-order valence-electron chi connectivity index (χ3n) is 4.79. The van der Waals surface area contributed by atoms with Gasteiger partial charge in [-0.1, -0.05) is 41.5 Å². The second kappa shape index (κ2) is 10.5. The fourth-order valence-corrected chi connectivity index (χ4v) is 3.09. The van der Waals surface area contributed by atoms with Gasteiger partial charge in [0.2, 0.25) is 0 Å². The zero-order valence-electron chi connectivity index (χ0n) is 18.4. The van der Waals surface area contributed by atoms with E-state index in [9.17, 15) is 14.7 Å². The Hall–Kier alpha value is -3.80. The Labute approximate surface area is 186 Å². The van der Waals surface area contributed by atoms with Crippen LogP contribution < -0.4 is 15.1 Å². The molecule has 0 aliphatic heterocycles. The Morgan fingerprint density at radius 2 is 1.78 bits per heavy atom. The molecule has 0 spiro atoms. The number of allylic oxidation sites excluding steroid dienone is 3. The summed E-state index contributed by atoms with van der Waals surface area (Å²) in [6.07, 6.45) is 6.02. The summed E-state index contributed by atoms with van der Waals surface area (Å²) in [6, 6.07) is 13.0. The minimum atomic E-state index is -0.952. The lowest BCUT2D eigenvalue weighted by molar-refractivity contribution is 0.0723. The lowest BCUT2D eigenvalue weighted by Gasteiger charge is -2.11. The first-order valence-electron chi connectivity index (χ1n) is 10.3. The van der Waals surface area contributed by atoms with Gasteiger partial charge in [-0.2, -0.15) is 0 Å². The van der Waals surface area contributed by atoms with E-state index in [1.54, 1.807) is 42.5 Å². The molecule has 0 fully saturated rings. The Kier molecular flexibility index (Phi) is 7.49. The van der Waals surface area contributed by atoms with Crippen molar-refractivity contribution in [1.29, 1.82) is 0 Å². The number of fused-ring (bicyclic) bond motifs is 1. The summed E-state index contributed by atoms with van der Waals surface area (Å²) in [7, 11) is 0. The van der Waals surface area contributed by atoms with Crippen molar-refractivity contribution in [2.75, 3.05) is 6.61 Å². The molecule has 6 heteroatoms. The fourth-order valence-electron chi connectivity index (χ4n) is 3.09. The normalized spacial score (nSPS) is 11.3. The van der Waals surface area contributed by atoms with Crippen LogP contribution in [0.1, 0.15) is 44.0 Å². The highest BCUT2D eigenvalue weighted by Crippen LogP contribution is 2.38. The minimum absolute atomic E-state index is 0.133. The van der Waals surface area contributed by atoms with E-state index in [2.05, 4.69) is 19.9 Å². The molecule has 166 valence electrons. The van der Waals surface area contributed by atoms with Crippen molar-refractivity contribution >= 4 is 16.9 Å². The highest BCUT2D eigenvalue weighted by Gasteiger charge is 2.22. The molecule has 3 rings (SSSR count). The maximum Gasteiger partial charge on any atom is 0.383 e. The molecule has 0 aliphatic rings. The standard InChI is InChI=1S/C26H26O6/c1-17(2)9-7-10-18(3)15-16-30-20-13-8-14-21-22(20)23(27)24(26(29)31-21)32-25(28)19-11-5-4-6-12-19/h4-6,8-9,11-15,27H,7,10,16H2,1-3H3/b18-15+. The van der Waals surface area contributed by atoms with E-state index < -0.39 is 23.1 Å². The number of carbonyl (C=O) groups is 1. The van der Waals surface area contributed by atoms with Crippen LogP contribution >= 0.6 is 0 Å². The van der Waals surface area contributed by atoms with Crippen LogP contribution in [0, 0.1) is 0 Å². The third kappa shape index (κ3) is 5.66. The predicted molar refractivity (Wildman–Crippen MR) is 123 cm³/mol. The number of aromatic hydroxyl groups is 1. The van der Waals surface area contributed by atoms with E-state index in [0.29, 0.717) is 5.75 Å². The van der Waals surface area contributed by atoms with Crippen molar-refractivity contribution in [3.8, 4) is 17.2 Å². The molecule has 0 radical (unpaired) electrons. The number of benzene rings is 2. The summed E-state index contributed by atoms with van der Waals surface area (Å²) in [5.41, 5.74) is 1.88. The smallest absolute Gasteiger partial charge is 0.383 e. The summed E-state index contributed by atoms with van der Waals surface area (Å²) < 4.78 is 16.3. The van der Waals surface area contributed by atoms with E-state index >= 15 is 0 Å². The van der Waals surface area contributed by atoms with Gasteiger partial charge in [0.05, 0.1) is 5.56 Å². The molecule has 0 atom stereocenters. The highest BCUT2D eigenvalue weighted by molar-refractivity contribution is 5.94. The third-order valence-corrected chi connectivity index (χ3v) is 4.79. The molecule has 0 amide bonds. The van der Waals surface area contributed by atoms with Crippen molar-refractivity contribution in [3.05, 3.63) is 87.8 Å². The zero-order valence-corrected chi connectivity index (χ0v) is 18.4. The maximum atomic E-state index is 12.4. The first-order chi connectivity index (χ1) is 15.4. The number of ether oxygens (including phenoxy) is 2. The van der Waals surface area contributed by atoms with Gasteiger partial charge in [-0.25, -0.2) is 9.59 Å². The Morgan fingerprint density at radius 1 is 1.03 bits per heavy atom. The quantitative estimate of drug-likeness (QED) is 0.274. The second-order valence-corrected chi connectivity index (χ2v) is 7.63. The Bertz CT molecular complexity index is 1210. The van der Waals surface area contributed by atoms with Crippen LogP contribution in [-0.4, -0.2) is 17.7 Å². The van der Waals surface area contributed by atoms with Crippen molar-refractivity contribution < 1.29 is 23.8 Å². The van der Waals surface area contributed by atoms with Gasteiger partial charge >= 0.3 is 11.6 Å². The molecule has 1 N–H and O–H groups in total. The average Bonchev–Trinajstić information content (AvgIpc) is 2.76. The van der Waals surface area contributed by atoms with Gasteiger partial charge in [0, 0.05) is 0 Å². The molecule has 6 nitrogen and oxygen atoms in total. The fraction of sp³-hybridized carbons (Fsp3) is 0.231. The molecule has 32 heavy (non-hydrogen) atoms. The topological polar surface area (TPSA) is 86.0 Å². The van der Waals surface area contributed by atoms with Crippen LogP contribution in [0.4, 0.5) is 0 Å². The summed E-state index contributed by atoms with van der Waals surface area (Å²) in [4.78, 5) is 24.7. The molecule has 1 heterocycles. The summed E-state index contributed by atoms with van der Waals surface area (Å²) in [5.74, 6) is -1.54. The lowest BCUT2D eigenvalue weighted by Crippen LogP contribution is -2.14. The number of hydrogen-bond acceptors (Lipinski definition) is 6. The summed E-state index contributed by atoms with van der Waals surface area (Å²) >= 11 is 0. The molecular weight excluding hydrogens is 408 g/mol. The van der Waals surface area contributed by atoms with Crippen LogP contribution in [0.2, 0.25) is 0 Å². The Morgan fingerprint density at radius 3 is 2.50 bits per heavy atom. The first-order valence-corrected chi connectivity index (χ1v) is 10.3. The van der Waals surface area contributed by atoms with Gasteiger partial charge in [-0.05, 0) is 64.0 Å². The van der Waals surface area contributed by atoms with Crippen molar-refractivity contribution in [2.45, 2.75) is 33.6 Å². The largest absolute Gasteiger partial charge is 0.503 e. The van der Waals surface area contributed by atoms with Crippen LogP contribution in [-0.2, 0) is 0 Å². The van der Waals surface area contributed by atoms with Crippen molar-refractivity contribution in [3.63, 3.8) is 0 Å². The zero-order chi connectivity index (χ0) is 23.1. The highest BCUT2D eigenvalue weighted by atomic mass is 16.6. The van der Waals surface area contributed by atoms with E-state index in [1.165, 1.54) is 17.2 Å². The van der Waals surface area contributed by atoms with Crippen LogP contribution in [0.3, 0.4) is 0 Å². The predicted octanol–water partition coefficient (Wildman–Crippen LogP) is 5.79. The molecule has 0 aliphatic carbocycles. The van der Waals surface area contributed by atoms with Crippen molar-refractivity contribution in [1.82, 2.24) is 0 Å². The van der Waals surface area contributed by atoms with Crippen molar-refractivity contribution in [2.24, 2.45) is 0 Å². The molecule has 0 bridgehead atoms. The number of rotatable bonds is 8. The average molecular weight is 434 g/mol. The molecule has 0 saturated carbocycles. The first kappa shape index (κ1) is 22.9. The molecule has 0 saturated heterocycles. The van der Waals surface area contributed by atoms with E-state index in [-0.39, 0.29) is 23.1 Å². The van der Waals surface area contributed by atoms with Gasteiger partial charge in [0.25, 0.3) is 5.75 Å². The molecule has 3 aromatic rings. The Balaban J connectivity index is 1.84. The van der Waals surface area contributed by atoms with Crippen LogP contribution in [0.5, 0.6) is 17.2 Å². The summed E-state index contributed by atoms with van der Waals surface area (Å²) in [5, 5.41) is 10.9. The van der Waals surface area contributed by atoms with Gasteiger partial charge in [0.1, 0.15) is 23.3 Å². The van der Waals surface area contributed by atoms with Crippen LogP contribution in [0.15, 0.2) is 81.0 Å². The molecule has 0 unspecified atom stereocenters. The lowest BCUT2D eigenvalue weighted by atomic mass is 10.1. The molecule has 1 aromatic heterocycles. The second-order valence-electron chi connectivity index (χ2n) is 7.63. The van der Waals surface area contributed by atoms with Gasteiger partial charge in [-0.3, -0.25) is 0 Å². The van der Waals surface area contributed by atoms with Gasteiger partial charge in [-0.15, -0.1) is 0 Å². The van der Waals surface area contributed by atoms with E-state index in [1.807, 2.05) is 13.0 Å². The minimum Gasteiger partial charge on any atom is -0.503 e. The number of hydrogen-bond donors (Lipinski definition) is 1. The SMILES string of the molecule is CC(C)=CCC/C(C)=C/COc1cccc2oc(=O)c(OC(=O)c3ccccc3)c(O)c12. The summed E-state index contributed by atoms with van der Waals surface area (Å²) in [6.45, 7) is 6.44. The van der Waals surface area contributed by atoms with Crippen LogP contribution in [0.25, 0.3) is 11.0 Å². The van der Waals surface area contributed by atoms with Gasteiger partial charge < -0.3 is 19.0 Å². The maximum absolute atomic E-state index is 12.4. The van der Waals surface area contributed by atoms with E-state index in [0.717, 1.165) is 12.8 Å². The number of esters is 1. The molecular formula is C26H26O6. The van der Waals surface area contributed by atoms with Gasteiger partial charge in [0.15, 0.2) is 5.75 Å².